The van der Waals surface area contributed by atoms with E-state index in [9.17, 15) is 5.26 Å². The van der Waals surface area contributed by atoms with Crippen molar-refractivity contribution in [1.29, 1.82) is 10.7 Å². The summed E-state index contributed by atoms with van der Waals surface area (Å²) in [5, 5.41) is 17.6. The summed E-state index contributed by atoms with van der Waals surface area (Å²) in [6, 6.07) is 5.81. The fourth-order valence-corrected chi connectivity index (χ4v) is 2.83. The monoisotopic (exact) mass is 312 g/mol. The van der Waals surface area contributed by atoms with Crippen molar-refractivity contribution < 1.29 is 9.47 Å². The third kappa shape index (κ3) is 2.61. The van der Waals surface area contributed by atoms with Crippen LogP contribution in [-0.2, 0) is 4.74 Å². The van der Waals surface area contributed by atoms with Gasteiger partial charge < -0.3 is 20.9 Å². The van der Waals surface area contributed by atoms with E-state index in [4.69, 9.17) is 26.4 Å². The standard InChI is InChI=1S/C17H20N4O2/c1-8-9(2)13(22-4)6-5-11(8)15-12(7-18)16(20)23-17(21)14(15)10(3)19/h5-6,15,21H,19-20H2,1-4H3. The SMILES string of the molecule is COc1ccc(C2C(C#N)=C(N)OC(=N)C2=C(C)N)c(C)c1C. The van der Waals surface area contributed by atoms with Gasteiger partial charge in [-0.2, -0.15) is 5.26 Å². The molecule has 1 unspecified atom stereocenters. The Morgan fingerprint density at radius 1 is 1.35 bits per heavy atom. The second-order valence-corrected chi connectivity index (χ2v) is 5.46. The number of nitriles is 1. The van der Waals surface area contributed by atoms with Gasteiger partial charge in [-0.05, 0) is 43.5 Å². The lowest BCUT2D eigenvalue weighted by molar-refractivity contribution is 0.383. The molecule has 0 bridgehead atoms. The molecule has 23 heavy (non-hydrogen) atoms. The Bertz CT molecular complexity index is 781. The number of hydrogen-bond acceptors (Lipinski definition) is 6. The average Bonchev–Trinajstić information content (AvgIpc) is 2.49. The number of nitrogens with two attached hydrogens (primary N) is 2. The van der Waals surface area contributed by atoms with Gasteiger partial charge >= 0.3 is 0 Å². The van der Waals surface area contributed by atoms with E-state index in [0.29, 0.717) is 11.3 Å². The topological polar surface area (TPSA) is 118 Å². The largest absolute Gasteiger partial charge is 0.496 e. The molecule has 1 aromatic carbocycles. The van der Waals surface area contributed by atoms with Crippen LogP contribution in [-0.4, -0.2) is 13.0 Å². The summed E-state index contributed by atoms with van der Waals surface area (Å²) in [5.41, 5.74) is 15.7. The second kappa shape index (κ2) is 6.05. The Morgan fingerprint density at radius 2 is 2.00 bits per heavy atom. The fourth-order valence-electron chi connectivity index (χ4n) is 2.83. The lowest BCUT2D eigenvalue weighted by atomic mass is 9.79. The highest BCUT2D eigenvalue weighted by molar-refractivity contribution is 5.96. The third-order valence-corrected chi connectivity index (χ3v) is 4.16. The van der Waals surface area contributed by atoms with E-state index in [1.807, 2.05) is 26.0 Å². The molecule has 0 spiro atoms. The molecule has 6 nitrogen and oxygen atoms in total. The number of methoxy groups -OCH3 is 1. The fraction of sp³-hybridized carbons (Fsp3) is 0.294. The van der Waals surface area contributed by atoms with Gasteiger partial charge in [-0.3, -0.25) is 5.41 Å². The van der Waals surface area contributed by atoms with Gasteiger partial charge in [0.05, 0.1) is 13.0 Å². The van der Waals surface area contributed by atoms with E-state index in [0.717, 1.165) is 22.4 Å². The lowest BCUT2D eigenvalue weighted by Gasteiger charge is -2.29. The van der Waals surface area contributed by atoms with Gasteiger partial charge in [0, 0.05) is 11.3 Å². The maximum atomic E-state index is 9.51. The van der Waals surface area contributed by atoms with Gasteiger partial charge in [-0.1, -0.05) is 6.07 Å². The van der Waals surface area contributed by atoms with Crippen LogP contribution < -0.4 is 16.2 Å². The predicted octanol–water partition coefficient (Wildman–Crippen LogP) is 2.33. The highest BCUT2D eigenvalue weighted by Crippen LogP contribution is 2.41. The van der Waals surface area contributed by atoms with Crippen LogP contribution in [0.2, 0.25) is 0 Å². The number of ether oxygens (including phenoxy) is 2. The van der Waals surface area contributed by atoms with Gasteiger partial charge in [0.15, 0.2) is 0 Å². The summed E-state index contributed by atoms with van der Waals surface area (Å²) in [4.78, 5) is 0. The summed E-state index contributed by atoms with van der Waals surface area (Å²) in [7, 11) is 1.61. The van der Waals surface area contributed by atoms with Crippen LogP contribution in [0.5, 0.6) is 5.75 Å². The normalized spacial score (nSPS) is 20.0. The zero-order chi connectivity index (χ0) is 17.3. The van der Waals surface area contributed by atoms with Gasteiger partial charge in [0.25, 0.3) is 0 Å². The van der Waals surface area contributed by atoms with Crippen molar-refractivity contribution in [3.63, 3.8) is 0 Å². The van der Waals surface area contributed by atoms with E-state index in [1.165, 1.54) is 0 Å². The molecule has 1 aliphatic rings. The minimum absolute atomic E-state index is 0.0552. The van der Waals surface area contributed by atoms with Crippen LogP contribution in [0.3, 0.4) is 0 Å². The third-order valence-electron chi connectivity index (χ3n) is 4.16. The first-order chi connectivity index (χ1) is 10.8. The molecule has 5 N–H and O–H groups in total. The van der Waals surface area contributed by atoms with Crippen molar-refractivity contribution in [3.05, 3.63) is 51.5 Å². The Morgan fingerprint density at radius 3 is 2.52 bits per heavy atom. The Hall–Kier alpha value is -2.94. The van der Waals surface area contributed by atoms with Crippen LogP contribution in [0.15, 0.2) is 34.9 Å². The highest BCUT2D eigenvalue weighted by atomic mass is 16.5. The number of benzene rings is 1. The molecule has 0 saturated carbocycles. The highest BCUT2D eigenvalue weighted by Gasteiger charge is 2.35. The summed E-state index contributed by atoms with van der Waals surface area (Å²) >= 11 is 0. The maximum absolute atomic E-state index is 9.51. The van der Waals surface area contributed by atoms with Gasteiger partial charge in [-0.15, -0.1) is 0 Å². The molecule has 1 aromatic rings. The summed E-state index contributed by atoms with van der Waals surface area (Å²) in [5.74, 6) is 0.0643. The Kier molecular flexibility index (Phi) is 4.32. The molecule has 0 fully saturated rings. The zero-order valence-electron chi connectivity index (χ0n) is 13.7. The molecule has 0 aromatic heterocycles. The molecule has 6 heteroatoms. The van der Waals surface area contributed by atoms with E-state index < -0.39 is 5.92 Å². The van der Waals surface area contributed by atoms with Gasteiger partial charge in [0.1, 0.15) is 17.4 Å². The lowest BCUT2D eigenvalue weighted by Crippen LogP contribution is -2.29. The van der Waals surface area contributed by atoms with Crippen molar-refractivity contribution in [2.75, 3.05) is 7.11 Å². The summed E-state index contributed by atoms with van der Waals surface area (Å²) in [6.07, 6.45) is 0. The van der Waals surface area contributed by atoms with E-state index in [2.05, 4.69) is 6.07 Å². The van der Waals surface area contributed by atoms with E-state index in [-0.39, 0.29) is 17.4 Å². The molecule has 1 heterocycles. The zero-order valence-corrected chi connectivity index (χ0v) is 13.7. The second-order valence-electron chi connectivity index (χ2n) is 5.46. The number of hydrogen-bond donors (Lipinski definition) is 3. The number of nitrogens with zero attached hydrogens (tertiary/aromatic N) is 1. The van der Waals surface area contributed by atoms with E-state index in [1.54, 1.807) is 14.0 Å². The van der Waals surface area contributed by atoms with Crippen molar-refractivity contribution in [3.8, 4) is 11.8 Å². The predicted molar refractivity (Wildman–Crippen MR) is 87.7 cm³/mol. The minimum Gasteiger partial charge on any atom is -0.496 e. The van der Waals surface area contributed by atoms with Crippen LogP contribution in [0.1, 0.15) is 29.5 Å². The number of rotatable bonds is 2. The Labute approximate surface area is 135 Å². The summed E-state index contributed by atoms with van der Waals surface area (Å²) < 4.78 is 10.5. The molecule has 0 radical (unpaired) electrons. The molecular formula is C17H20N4O2. The smallest absolute Gasteiger partial charge is 0.219 e. The van der Waals surface area contributed by atoms with Crippen LogP contribution >= 0.6 is 0 Å². The number of allylic oxidation sites excluding steroid dienone is 2. The molecule has 120 valence electrons. The van der Waals surface area contributed by atoms with Gasteiger partial charge in [0.2, 0.25) is 11.8 Å². The van der Waals surface area contributed by atoms with Crippen molar-refractivity contribution >= 4 is 5.90 Å². The van der Waals surface area contributed by atoms with Gasteiger partial charge in [-0.25, -0.2) is 0 Å². The van der Waals surface area contributed by atoms with Crippen LogP contribution in [0.25, 0.3) is 0 Å². The van der Waals surface area contributed by atoms with Crippen molar-refractivity contribution in [2.24, 2.45) is 11.5 Å². The van der Waals surface area contributed by atoms with E-state index >= 15 is 0 Å². The molecule has 0 aliphatic carbocycles. The average molecular weight is 312 g/mol. The molecule has 0 amide bonds. The molecular weight excluding hydrogens is 292 g/mol. The van der Waals surface area contributed by atoms with Crippen molar-refractivity contribution in [1.82, 2.24) is 0 Å². The first-order valence-electron chi connectivity index (χ1n) is 7.10. The Balaban J connectivity index is 2.79. The molecule has 2 rings (SSSR count). The quantitative estimate of drug-likeness (QED) is 0.774. The maximum Gasteiger partial charge on any atom is 0.219 e. The molecule has 1 aliphatic heterocycles. The van der Waals surface area contributed by atoms with Crippen LogP contribution in [0.4, 0.5) is 0 Å². The summed E-state index contributed by atoms with van der Waals surface area (Å²) in [6.45, 7) is 5.57. The van der Waals surface area contributed by atoms with Crippen molar-refractivity contribution in [2.45, 2.75) is 26.7 Å². The first-order valence-corrected chi connectivity index (χ1v) is 7.10. The number of nitrogens with one attached hydrogen (secondary N) is 1. The first kappa shape index (κ1) is 16.4. The molecule has 1 atom stereocenters. The molecule has 0 saturated heterocycles. The van der Waals surface area contributed by atoms with Crippen LogP contribution in [0, 0.1) is 30.6 Å². The minimum atomic E-state index is -0.518.